The molecule has 0 saturated carbocycles. The van der Waals surface area contributed by atoms with E-state index in [2.05, 4.69) is 25.9 Å². The van der Waals surface area contributed by atoms with Crippen molar-refractivity contribution in [3.8, 4) is 11.3 Å². The molecule has 2 unspecified atom stereocenters. The van der Waals surface area contributed by atoms with Gasteiger partial charge in [0.25, 0.3) is 5.56 Å². The van der Waals surface area contributed by atoms with Crippen LogP contribution in [0.4, 0.5) is 19.3 Å². The van der Waals surface area contributed by atoms with Gasteiger partial charge in [0, 0.05) is 31.0 Å². The fourth-order valence-corrected chi connectivity index (χ4v) is 8.35. The number of hydrogen-bond donors (Lipinski definition) is 2. The van der Waals surface area contributed by atoms with E-state index in [4.69, 9.17) is 0 Å². The third kappa shape index (κ3) is 7.46. The zero-order valence-electron chi connectivity index (χ0n) is 26.8. The van der Waals surface area contributed by atoms with Crippen molar-refractivity contribution in [2.24, 2.45) is 0 Å². The number of carbonyl (C=O) groups excluding carboxylic acids is 2. The molecule has 0 fully saturated rings. The van der Waals surface area contributed by atoms with Gasteiger partial charge in [-0.05, 0) is 48.9 Å². The number of nitrogens with one attached hydrogen (secondary N) is 2. The van der Waals surface area contributed by atoms with Crippen LogP contribution in [0.3, 0.4) is 0 Å². The van der Waals surface area contributed by atoms with Gasteiger partial charge in [-0.2, -0.15) is 0 Å². The number of nitrogens with zero attached hydrogens (tertiary/aromatic N) is 5. The van der Waals surface area contributed by atoms with E-state index >= 15 is 0 Å². The van der Waals surface area contributed by atoms with Gasteiger partial charge in [0.2, 0.25) is 0 Å². The first-order valence-electron chi connectivity index (χ1n) is 15.5. The summed E-state index contributed by atoms with van der Waals surface area (Å²) in [5.74, 6) is -2.51. The zero-order valence-corrected chi connectivity index (χ0v) is 27.6. The lowest BCUT2D eigenvalue weighted by Crippen LogP contribution is -2.33. The molecule has 252 valence electrons. The molecular formula is C35H34F2N7O4S+. The van der Waals surface area contributed by atoms with Gasteiger partial charge in [-0.3, -0.25) is 23.8 Å². The number of urea groups is 1. The Bertz CT molecular complexity index is 1990. The molecule has 2 atom stereocenters. The van der Waals surface area contributed by atoms with Crippen LogP contribution >= 0.6 is 0 Å². The molecule has 0 bridgehead atoms. The van der Waals surface area contributed by atoms with Crippen LogP contribution in [0.5, 0.6) is 0 Å². The van der Waals surface area contributed by atoms with Crippen molar-refractivity contribution in [2.75, 3.05) is 19.5 Å². The SMILES string of the molecule is CONC(=O)Nc1ccc(-c2cc3c(c(=O)n2CN(C)Cc2ccccc2)C(CCn2ccnn2)C(=O)[S+]3Cc2c(F)cccc2F)cc1. The molecule has 0 radical (unpaired) electrons. The topological polar surface area (TPSA) is 123 Å². The van der Waals surface area contributed by atoms with Gasteiger partial charge in [0.05, 0.1) is 36.8 Å². The smallest absolute Gasteiger partial charge is 0.306 e. The molecule has 0 saturated heterocycles. The number of amides is 2. The number of carbonyl (C=O) groups is 2. The first kappa shape index (κ1) is 33.7. The minimum absolute atomic E-state index is 0.187. The number of anilines is 1. The molecule has 11 nitrogen and oxygen atoms in total. The van der Waals surface area contributed by atoms with Crippen LogP contribution in [0, 0.1) is 11.6 Å². The first-order chi connectivity index (χ1) is 23.7. The predicted molar refractivity (Wildman–Crippen MR) is 181 cm³/mol. The lowest BCUT2D eigenvalue weighted by molar-refractivity contribution is -0.112. The molecule has 2 amide bonds. The fraction of sp³-hybridized carbons (Fsp3) is 0.229. The summed E-state index contributed by atoms with van der Waals surface area (Å²) in [7, 11) is 1.89. The molecule has 3 heterocycles. The highest BCUT2D eigenvalue weighted by molar-refractivity contribution is 8.10. The average Bonchev–Trinajstić information content (AvgIpc) is 3.70. The van der Waals surface area contributed by atoms with Crippen molar-refractivity contribution >= 4 is 27.7 Å². The largest absolute Gasteiger partial charge is 0.344 e. The predicted octanol–water partition coefficient (Wildman–Crippen LogP) is 5.05. The second kappa shape index (κ2) is 14.9. The number of halogens is 2. The Kier molecular flexibility index (Phi) is 10.3. The lowest BCUT2D eigenvalue weighted by atomic mass is 9.97. The minimum atomic E-state index is -1.33. The highest BCUT2D eigenvalue weighted by atomic mass is 32.2. The van der Waals surface area contributed by atoms with Gasteiger partial charge < -0.3 is 5.32 Å². The maximum Gasteiger partial charge on any atom is 0.344 e. The number of aromatic nitrogens is 4. The maximum absolute atomic E-state index is 14.9. The van der Waals surface area contributed by atoms with E-state index in [9.17, 15) is 23.2 Å². The summed E-state index contributed by atoms with van der Waals surface area (Å²) in [4.78, 5) is 48.1. The number of benzene rings is 3. The van der Waals surface area contributed by atoms with E-state index in [0.717, 1.165) is 5.56 Å². The standard InChI is InChI=1S/C35H33F2N7O4S/c1-42(20-23-7-4-3-5-8-23)22-44-30(24-11-13-25(14-12-24)39-35(47)40-48-2)19-31-32(33(44)45)26(15-17-43-18-16-38-41-43)34(46)49(31)21-27-28(36)9-6-10-29(27)37/h3-14,16,18-19,26H,15,17,20-22H2,1-2H3,(H-,39,40,45,47)/p+1. The molecule has 14 heteroatoms. The van der Waals surface area contributed by atoms with Gasteiger partial charge >= 0.3 is 11.1 Å². The first-order valence-corrected chi connectivity index (χ1v) is 16.8. The van der Waals surface area contributed by atoms with Crippen LogP contribution in [0.1, 0.15) is 29.0 Å². The number of rotatable bonds is 12. The molecule has 3 aromatic carbocycles. The van der Waals surface area contributed by atoms with Crippen LogP contribution in [-0.2, 0) is 46.0 Å². The van der Waals surface area contributed by atoms with Gasteiger partial charge in [-0.25, -0.2) is 23.9 Å². The molecule has 2 N–H and O–H groups in total. The minimum Gasteiger partial charge on any atom is -0.306 e. The normalized spacial score (nSPS) is 15.4. The number of hydrogen-bond acceptors (Lipinski definition) is 7. The molecule has 1 aliphatic rings. The van der Waals surface area contributed by atoms with E-state index in [1.54, 1.807) is 39.7 Å². The third-order valence-corrected chi connectivity index (χ3v) is 10.4. The molecule has 49 heavy (non-hydrogen) atoms. The number of pyridine rings is 1. The van der Waals surface area contributed by atoms with E-state index in [1.807, 2.05) is 48.3 Å². The Morgan fingerprint density at radius 1 is 1.02 bits per heavy atom. The summed E-state index contributed by atoms with van der Waals surface area (Å²) >= 11 is 0. The highest BCUT2D eigenvalue weighted by Gasteiger charge is 2.52. The van der Waals surface area contributed by atoms with Crippen molar-refractivity contribution in [2.45, 2.75) is 42.7 Å². The molecule has 6 rings (SSSR count). The van der Waals surface area contributed by atoms with Gasteiger partial charge in [-0.15, -0.1) is 5.10 Å². The van der Waals surface area contributed by atoms with Crippen molar-refractivity contribution in [3.05, 3.63) is 130 Å². The molecule has 0 spiro atoms. The van der Waals surface area contributed by atoms with Gasteiger partial charge in [0.15, 0.2) is 10.6 Å². The van der Waals surface area contributed by atoms with E-state index < -0.39 is 34.5 Å². The fourth-order valence-electron chi connectivity index (χ4n) is 5.94. The molecule has 1 aliphatic heterocycles. The summed E-state index contributed by atoms with van der Waals surface area (Å²) in [6.07, 6.45) is 3.46. The Balaban J connectivity index is 1.46. The second-order valence-corrected chi connectivity index (χ2v) is 13.5. The van der Waals surface area contributed by atoms with Crippen LogP contribution in [-0.4, -0.2) is 49.8 Å². The van der Waals surface area contributed by atoms with Crippen LogP contribution in [0.15, 0.2) is 101 Å². The van der Waals surface area contributed by atoms with E-state index in [0.29, 0.717) is 40.5 Å². The van der Waals surface area contributed by atoms with Crippen LogP contribution in [0.25, 0.3) is 11.3 Å². The Morgan fingerprint density at radius 2 is 1.76 bits per heavy atom. The van der Waals surface area contributed by atoms with Crippen molar-refractivity contribution in [3.63, 3.8) is 0 Å². The molecular weight excluding hydrogens is 652 g/mol. The summed E-state index contributed by atoms with van der Waals surface area (Å²) in [5, 5.41) is 10.2. The highest BCUT2D eigenvalue weighted by Crippen LogP contribution is 2.42. The van der Waals surface area contributed by atoms with Crippen molar-refractivity contribution < 1.29 is 23.2 Å². The average molecular weight is 687 g/mol. The van der Waals surface area contributed by atoms with Crippen LogP contribution in [0.2, 0.25) is 0 Å². The van der Waals surface area contributed by atoms with E-state index in [-0.39, 0.29) is 35.1 Å². The quantitative estimate of drug-likeness (QED) is 0.139. The Hall–Kier alpha value is -5.18. The Morgan fingerprint density at radius 3 is 2.43 bits per heavy atom. The summed E-state index contributed by atoms with van der Waals surface area (Å²) in [5.41, 5.74) is 4.68. The van der Waals surface area contributed by atoms with Crippen molar-refractivity contribution in [1.82, 2.24) is 29.9 Å². The second-order valence-electron chi connectivity index (χ2n) is 11.6. The summed E-state index contributed by atoms with van der Waals surface area (Å²) in [6, 6.07) is 21.6. The summed E-state index contributed by atoms with van der Waals surface area (Å²) in [6.45, 7) is 1.06. The summed E-state index contributed by atoms with van der Waals surface area (Å²) < 4.78 is 33.1. The van der Waals surface area contributed by atoms with Gasteiger partial charge in [-0.1, -0.05) is 53.7 Å². The molecule has 2 aromatic heterocycles. The maximum atomic E-state index is 14.9. The Labute approximate surface area is 283 Å². The van der Waals surface area contributed by atoms with Crippen molar-refractivity contribution in [1.29, 1.82) is 0 Å². The number of fused-ring (bicyclic) bond motifs is 1. The number of aryl methyl sites for hydroxylation is 1. The lowest BCUT2D eigenvalue weighted by Gasteiger charge is -2.22. The molecule has 5 aromatic rings. The molecule has 0 aliphatic carbocycles. The zero-order chi connectivity index (χ0) is 34.5. The van der Waals surface area contributed by atoms with E-state index in [1.165, 1.54) is 31.5 Å². The monoisotopic (exact) mass is 686 g/mol. The number of hydroxylamine groups is 1. The van der Waals surface area contributed by atoms with Crippen LogP contribution < -0.4 is 16.4 Å². The third-order valence-electron chi connectivity index (χ3n) is 8.22. The van der Waals surface area contributed by atoms with Gasteiger partial charge in [0.1, 0.15) is 28.4 Å².